The standard InChI is InChI=1S/C23H32N4O3.C18H29N3O2.C5H5NO2/c1-5-16-10-13-27(14-11-16)20-9-8-17(25-22(29)30-23(2,3)4)15-19(20)26-21(28)18-7-6-12-24-18;1-5-13-8-10-21(11-9-13)16-7-6-14(12-15(16)19)20-17(22)23-18(2,3)4;7-5(8)4-2-1-3-6-4/h6,8-9,12,15-16H,5,7,10-11,13-14H2,1-4H3,(H,25,29)(H,26,28);6-7,12-13H,5,8-11,19H2,1-4H3,(H,20,22);1,3H,2H2,(H,7,8). The minimum atomic E-state index is -0.921. The largest absolute Gasteiger partial charge is 0.477 e. The van der Waals surface area contributed by atoms with E-state index < -0.39 is 29.4 Å². The van der Waals surface area contributed by atoms with Crippen LogP contribution in [0, 0.1) is 11.8 Å². The molecule has 0 atom stereocenters. The molecule has 0 spiro atoms. The number of nitrogens with one attached hydrogen (secondary N) is 3. The Morgan fingerprint density at radius 1 is 0.689 bits per heavy atom. The fourth-order valence-electron chi connectivity index (χ4n) is 7.12. The summed E-state index contributed by atoms with van der Waals surface area (Å²) in [5.41, 5.74) is 10.4. The number of piperidine rings is 2. The Labute approximate surface area is 360 Å². The van der Waals surface area contributed by atoms with Crippen LogP contribution in [0.15, 0.2) is 70.9 Å². The Hall–Kier alpha value is -5.86. The molecular formula is C46H66N8O7. The maximum absolute atomic E-state index is 12.7. The first-order chi connectivity index (χ1) is 28.8. The number of carbonyl (C=O) groups excluding carboxylic acids is 3. The molecule has 6 rings (SSSR count). The zero-order valence-electron chi connectivity index (χ0n) is 37.2. The molecule has 2 aromatic rings. The number of aliphatic imine (C=N–C) groups is 2. The van der Waals surface area contributed by atoms with Crippen LogP contribution >= 0.6 is 0 Å². The van der Waals surface area contributed by atoms with E-state index in [1.807, 2.05) is 71.9 Å². The number of nitrogens with zero attached hydrogens (tertiary/aromatic N) is 4. The predicted octanol–water partition coefficient (Wildman–Crippen LogP) is 9.63. The number of ether oxygens (including phenoxy) is 2. The maximum Gasteiger partial charge on any atom is 0.412 e. The summed E-state index contributed by atoms with van der Waals surface area (Å²) in [4.78, 5) is 59.0. The number of hydrogen-bond acceptors (Lipinski definition) is 11. The highest BCUT2D eigenvalue weighted by molar-refractivity contribution is 6.44. The van der Waals surface area contributed by atoms with Gasteiger partial charge >= 0.3 is 18.2 Å². The third-order valence-electron chi connectivity index (χ3n) is 10.4. The second kappa shape index (κ2) is 22.1. The van der Waals surface area contributed by atoms with Gasteiger partial charge in [0.05, 0.1) is 22.7 Å². The summed E-state index contributed by atoms with van der Waals surface area (Å²) in [6.07, 6.45) is 13.9. The van der Waals surface area contributed by atoms with Crippen LogP contribution in [0.2, 0.25) is 0 Å². The van der Waals surface area contributed by atoms with Crippen molar-refractivity contribution in [3.8, 4) is 0 Å². The van der Waals surface area contributed by atoms with Gasteiger partial charge in [-0.15, -0.1) is 0 Å². The number of hydrogen-bond donors (Lipinski definition) is 5. The molecule has 4 heterocycles. The second-order valence-electron chi connectivity index (χ2n) is 17.5. The van der Waals surface area contributed by atoms with E-state index in [4.69, 9.17) is 20.3 Å². The molecular weight excluding hydrogens is 777 g/mol. The summed E-state index contributed by atoms with van der Waals surface area (Å²) in [5, 5.41) is 16.7. The minimum absolute atomic E-state index is 0.223. The molecule has 15 nitrogen and oxygen atoms in total. The number of carbonyl (C=O) groups is 4. The smallest absolute Gasteiger partial charge is 0.412 e. The van der Waals surface area contributed by atoms with Crippen LogP contribution in [0.5, 0.6) is 0 Å². The molecule has 0 aliphatic carbocycles. The molecule has 0 saturated carbocycles. The summed E-state index contributed by atoms with van der Waals surface area (Å²) >= 11 is 0. The van der Waals surface area contributed by atoms with Crippen LogP contribution in [0.1, 0.15) is 107 Å². The van der Waals surface area contributed by atoms with E-state index in [1.165, 1.54) is 31.9 Å². The van der Waals surface area contributed by atoms with Crippen molar-refractivity contribution in [3.63, 3.8) is 0 Å². The first-order valence-corrected chi connectivity index (χ1v) is 21.4. The third-order valence-corrected chi connectivity index (χ3v) is 10.4. The molecule has 61 heavy (non-hydrogen) atoms. The fourth-order valence-corrected chi connectivity index (χ4v) is 7.12. The van der Waals surface area contributed by atoms with Crippen molar-refractivity contribution in [2.45, 2.75) is 118 Å². The summed E-state index contributed by atoms with van der Waals surface area (Å²) in [5.74, 6) is 0.445. The molecule has 0 aromatic heterocycles. The molecule has 0 radical (unpaired) electrons. The zero-order chi connectivity index (χ0) is 44.7. The highest BCUT2D eigenvalue weighted by atomic mass is 16.6. The fraction of sp³-hybridized carbons (Fsp3) is 0.522. The molecule has 2 saturated heterocycles. The van der Waals surface area contributed by atoms with Crippen molar-refractivity contribution >= 4 is 69.6 Å². The molecule has 2 fully saturated rings. The summed E-state index contributed by atoms with van der Waals surface area (Å²) in [6.45, 7) is 19.4. The van der Waals surface area contributed by atoms with Crippen molar-refractivity contribution < 1.29 is 33.8 Å². The lowest BCUT2D eigenvalue weighted by atomic mass is 9.94. The van der Waals surface area contributed by atoms with E-state index in [2.05, 4.69) is 49.6 Å². The van der Waals surface area contributed by atoms with Gasteiger partial charge in [0, 0.05) is 62.8 Å². The summed E-state index contributed by atoms with van der Waals surface area (Å²) in [6, 6.07) is 11.2. The highest BCUT2D eigenvalue weighted by Gasteiger charge is 2.24. The third kappa shape index (κ3) is 15.9. The molecule has 3 amide bonds. The van der Waals surface area contributed by atoms with Crippen LogP contribution < -0.4 is 31.5 Å². The average Bonchev–Trinajstić information content (AvgIpc) is 3.94. The average molecular weight is 843 g/mol. The van der Waals surface area contributed by atoms with Crippen LogP contribution in [0.4, 0.5) is 43.7 Å². The summed E-state index contributed by atoms with van der Waals surface area (Å²) in [7, 11) is 0. The van der Waals surface area contributed by atoms with Crippen molar-refractivity contribution in [3.05, 3.63) is 61.0 Å². The van der Waals surface area contributed by atoms with E-state index in [-0.39, 0.29) is 11.6 Å². The first kappa shape index (κ1) is 47.8. The van der Waals surface area contributed by atoms with E-state index in [9.17, 15) is 19.2 Å². The van der Waals surface area contributed by atoms with Gasteiger partial charge in [-0.1, -0.05) is 38.8 Å². The molecule has 4 aliphatic rings. The molecule has 6 N–H and O–H groups in total. The van der Waals surface area contributed by atoms with E-state index in [1.54, 1.807) is 24.4 Å². The van der Waals surface area contributed by atoms with E-state index in [0.717, 1.165) is 62.2 Å². The molecule has 0 bridgehead atoms. The number of allylic oxidation sites excluding steroid dienone is 2. The molecule has 4 aliphatic heterocycles. The Balaban J connectivity index is 0.000000232. The van der Waals surface area contributed by atoms with Crippen LogP contribution in [-0.4, -0.2) is 78.0 Å². The van der Waals surface area contributed by atoms with Gasteiger partial charge in [-0.3, -0.25) is 25.4 Å². The Morgan fingerprint density at radius 3 is 1.52 bits per heavy atom. The highest BCUT2D eigenvalue weighted by Crippen LogP contribution is 2.34. The van der Waals surface area contributed by atoms with E-state index in [0.29, 0.717) is 41.3 Å². The van der Waals surface area contributed by atoms with E-state index >= 15 is 0 Å². The topological polar surface area (TPSA) is 200 Å². The lowest BCUT2D eigenvalue weighted by Crippen LogP contribution is -2.34. The Bertz CT molecular complexity index is 1960. The molecule has 15 heteroatoms. The number of carboxylic acid groups (broad SMARTS) is 1. The number of rotatable bonds is 9. The SMILES string of the molecule is CCC1CCN(c2ccc(NC(=O)OC(C)(C)C)cc2N)CC1.CCC1CCN(c2ccc(NC(=O)OC(C)(C)C)cc2NC(=O)C2=NC=CC2)CC1.O=C(O)C1=NC=CC1. The van der Waals surface area contributed by atoms with Crippen molar-refractivity contribution in [1.29, 1.82) is 0 Å². The predicted molar refractivity (Wildman–Crippen MR) is 246 cm³/mol. The van der Waals surface area contributed by atoms with Gasteiger partial charge in [-0.25, -0.2) is 14.4 Å². The number of anilines is 6. The van der Waals surface area contributed by atoms with Gasteiger partial charge < -0.3 is 35.4 Å². The number of carboxylic acids is 1. The van der Waals surface area contributed by atoms with Crippen LogP contribution in [0.25, 0.3) is 0 Å². The Morgan fingerprint density at radius 2 is 1.13 bits per heavy atom. The van der Waals surface area contributed by atoms with Crippen molar-refractivity contribution in [1.82, 2.24) is 0 Å². The Kier molecular flexibility index (Phi) is 17.3. The lowest BCUT2D eigenvalue weighted by molar-refractivity contribution is -0.129. The van der Waals surface area contributed by atoms with Gasteiger partial charge in [0.15, 0.2) is 0 Å². The number of benzene rings is 2. The van der Waals surface area contributed by atoms with Crippen molar-refractivity contribution in [2.24, 2.45) is 21.8 Å². The van der Waals surface area contributed by atoms with Gasteiger partial charge in [0.2, 0.25) is 0 Å². The van der Waals surface area contributed by atoms with Crippen LogP contribution in [0.3, 0.4) is 0 Å². The zero-order valence-corrected chi connectivity index (χ0v) is 37.2. The number of nitrogens with two attached hydrogens (primary N) is 1. The van der Waals surface area contributed by atoms with Gasteiger partial charge in [-0.05, 0) is 115 Å². The van der Waals surface area contributed by atoms with Crippen LogP contribution in [-0.2, 0) is 19.1 Å². The van der Waals surface area contributed by atoms with Gasteiger partial charge in [0.1, 0.15) is 22.6 Å². The second-order valence-corrected chi connectivity index (χ2v) is 17.5. The van der Waals surface area contributed by atoms with Gasteiger partial charge in [0.25, 0.3) is 5.91 Å². The number of nitrogen functional groups attached to an aromatic ring is 1. The lowest BCUT2D eigenvalue weighted by Gasteiger charge is -2.34. The minimum Gasteiger partial charge on any atom is -0.477 e. The quantitative estimate of drug-likeness (QED) is 0.151. The number of amides is 3. The van der Waals surface area contributed by atoms with Gasteiger partial charge in [-0.2, -0.15) is 0 Å². The molecule has 332 valence electrons. The van der Waals surface area contributed by atoms with Crippen molar-refractivity contribution in [2.75, 3.05) is 57.7 Å². The molecule has 2 aromatic carbocycles. The maximum atomic E-state index is 12.7. The normalized spacial score (nSPS) is 16.6. The summed E-state index contributed by atoms with van der Waals surface area (Å²) < 4.78 is 10.6. The molecule has 0 unspecified atom stereocenters. The monoisotopic (exact) mass is 843 g/mol. The first-order valence-electron chi connectivity index (χ1n) is 21.4. The number of aliphatic carboxylic acids is 1.